The summed E-state index contributed by atoms with van der Waals surface area (Å²) in [6, 6.07) is 6.39. The van der Waals surface area contributed by atoms with Crippen LogP contribution >= 0.6 is 23.1 Å². The van der Waals surface area contributed by atoms with E-state index in [1.165, 1.54) is 23.5 Å². The lowest BCUT2D eigenvalue weighted by Gasteiger charge is -2.06. The summed E-state index contributed by atoms with van der Waals surface area (Å²) in [5.41, 5.74) is 5.96. The van der Waals surface area contributed by atoms with Crippen molar-refractivity contribution >= 4 is 23.1 Å². The first-order valence-corrected chi connectivity index (χ1v) is 6.79. The van der Waals surface area contributed by atoms with Gasteiger partial charge < -0.3 is 5.73 Å². The molecule has 0 saturated carbocycles. The third-order valence-corrected chi connectivity index (χ3v) is 4.32. The number of halogens is 2. The van der Waals surface area contributed by atoms with Crippen molar-refractivity contribution in [1.82, 2.24) is 0 Å². The molecule has 0 amide bonds. The van der Waals surface area contributed by atoms with Crippen molar-refractivity contribution in [3.8, 4) is 0 Å². The maximum absolute atomic E-state index is 13.7. The highest BCUT2D eigenvalue weighted by Crippen LogP contribution is 2.35. The molecule has 0 radical (unpaired) electrons. The van der Waals surface area contributed by atoms with Crippen LogP contribution in [0.2, 0.25) is 0 Å². The van der Waals surface area contributed by atoms with Gasteiger partial charge >= 0.3 is 0 Å². The van der Waals surface area contributed by atoms with E-state index in [1.807, 2.05) is 17.5 Å². The molecule has 5 heteroatoms. The maximum atomic E-state index is 13.7. The van der Waals surface area contributed by atoms with E-state index >= 15 is 0 Å². The lowest BCUT2D eigenvalue weighted by atomic mass is 10.1. The quantitative estimate of drug-likeness (QED) is 0.918. The van der Waals surface area contributed by atoms with E-state index in [4.69, 9.17) is 5.73 Å². The van der Waals surface area contributed by atoms with Crippen LogP contribution in [0, 0.1) is 11.6 Å². The van der Waals surface area contributed by atoms with Gasteiger partial charge in [0.1, 0.15) is 11.6 Å². The van der Waals surface area contributed by atoms with Crippen molar-refractivity contribution in [2.45, 2.75) is 15.5 Å². The predicted octanol–water partition coefficient (Wildman–Crippen LogP) is 3.68. The second-order valence-corrected chi connectivity index (χ2v) is 5.72. The van der Waals surface area contributed by atoms with Crippen molar-refractivity contribution in [3.63, 3.8) is 0 Å². The molecule has 2 N–H and O–H groups in total. The molecule has 0 saturated heterocycles. The van der Waals surface area contributed by atoms with Gasteiger partial charge in [-0.2, -0.15) is 0 Å². The summed E-state index contributed by atoms with van der Waals surface area (Å²) in [6.45, 7) is 0.385. The molecule has 0 bridgehead atoms. The van der Waals surface area contributed by atoms with Gasteiger partial charge in [-0.15, -0.1) is 11.3 Å². The van der Waals surface area contributed by atoms with Crippen molar-refractivity contribution in [3.05, 3.63) is 46.8 Å². The van der Waals surface area contributed by atoms with Gasteiger partial charge in [-0.1, -0.05) is 17.8 Å². The molecule has 2 aromatic rings. The largest absolute Gasteiger partial charge is 0.330 e. The molecule has 0 fully saturated rings. The Bertz CT molecular complexity index is 474. The van der Waals surface area contributed by atoms with E-state index in [9.17, 15) is 8.78 Å². The Kier molecular flexibility index (Phi) is 4.15. The maximum Gasteiger partial charge on any atom is 0.140 e. The standard InChI is InChI=1S/C12H11F2NS2/c13-9-6-8(3-4-15)7-10(14)12(9)17-11-2-1-5-16-11/h1-2,5-7H,3-4,15H2. The zero-order valence-corrected chi connectivity index (χ0v) is 10.6. The molecule has 0 aliphatic rings. The van der Waals surface area contributed by atoms with E-state index in [2.05, 4.69) is 0 Å². The highest BCUT2D eigenvalue weighted by atomic mass is 32.2. The zero-order chi connectivity index (χ0) is 12.3. The van der Waals surface area contributed by atoms with Gasteiger partial charge in [0.25, 0.3) is 0 Å². The molecule has 1 aromatic heterocycles. The fourth-order valence-corrected chi connectivity index (χ4v) is 3.16. The van der Waals surface area contributed by atoms with Crippen molar-refractivity contribution < 1.29 is 8.78 Å². The number of thiophene rings is 1. The van der Waals surface area contributed by atoms with Crippen LogP contribution < -0.4 is 5.73 Å². The average molecular weight is 271 g/mol. The molecule has 0 unspecified atom stereocenters. The fraction of sp³-hybridized carbons (Fsp3) is 0.167. The van der Waals surface area contributed by atoms with Crippen LogP contribution in [0.1, 0.15) is 5.56 Å². The molecule has 17 heavy (non-hydrogen) atoms. The summed E-state index contributed by atoms with van der Waals surface area (Å²) in [6.07, 6.45) is 0.484. The third-order valence-electron chi connectivity index (χ3n) is 2.19. The Morgan fingerprint density at radius 3 is 2.47 bits per heavy atom. The monoisotopic (exact) mass is 271 g/mol. The molecular weight excluding hydrogens is 260 g/mol. The van der Waals surface area contributed by atoms with Crippen LogP contribution in [0.5, 0.6) is 0 Å². The number of rotatable bonds is 4. The van der Waals surface area contributed by atoms with Gasteiger partial charge in [-0.25, -0.2) is 8.78 Å². The van der Waals surface area contributed by atoms with Crippen molar-refractivity contribution in [1.29, 1.82) is 0 Å². The Labute approximate surface area is 107 Å². The van der Waals surface area contributed by atoms with E-state index in [0.29, 0.717) is 18.5 Å². The lowest BCUT2D eigenvalue weighted by molar-refractivity contribution is 0.537. The minimum atomic E-state index is -0.521. The molecular formula is C12H11F2NS2. The number of benzene rings is 1. The summed E-state index contributed by atoms with van der Waals surface area (Å²) < 4.78 is 28.3. The van der Waals surface area contributed by atoms with E-state index in [0.717, 1.165) is 16.0 Å². The average Bonchev–Trinajstić information content (AvgIpc) is 2.76. The molecule has 0 aliphatic heterocycles. The van der Waals surface area contributed by atoms with Crippen molar-refractivity contribution in [2.24, 2.45) is 5.73 Å². The summed E-state index contributed by atoms with van der Waals surface area (Å²) >= 11 is 2.57. The van der Waals surface area contributed by atoms with Crippen LogP contribution in [0.3, 0.4) is 0 Å². The van der Waals surface area contributed by atoms with Gasteiger partial charge in [0.2, 0.25) is 0 Å². The Morgan fingerprint density at radius 1 is 1.24 bits per heavy atom. The minimum Gasteiger partial charge on any atom is -0.330 e. The Morgan fingerprint density at radius 2 is 1.94 bits per heavy atom. The van der Waals surface area contributed by atoms with Crippen LogP contribution in [0.4, 0.5) is 8.78 Å². The number of hydrogen-bond donors (Lipinski definition) is 1. The summed E-state index contributed by atoms with van der Waals surface area (Å²) in [5, 5.41) is 1.88. The van der Waals surface area contributed by atoms with E-state index in [1.54, 1.807) is 0 Å². The van der Waals surface area contributed by atoms with E-state index < -0.39 is 11.6 Å². The first-order valence-electron chi connectivity index (χ1n) is 5.10. The second-order valence-electron chi connectivity index (χ2n) is 3.46. The molecule has 0 aliphatic carbocycles. The summed E-state index contributed by atoms with van der Waals surface area (Å²) in [7, 11) is 0. The van der Waals surface area contributed by atoms with Gasteiger partial charge in [0.05, 0.1) is 9.10 Å². The normalized spacial score (nSPS) is 10.8. The highest BCUT2D eigenvalue weighted by molar-refractivity contribution is 8.01. The minimum absolute atomic E-state index is 0.0493. The summed E-state index contributed by atoms with van der Waals surface area (Å²) in [5.74, 6) is -1.04. The molecule has 90 valence electrons. The van der Waals surface area contributed by atoms with Gasteiger partial charge in [-0.3, -0.25) is 0 Å². The molecule has 0 atom stereocenters. The van der Waals surface area contributed by atoms with Gasteiger partial charge in [0.15, 0.2) is 0 Å². The molecule has 2 rings (SSSR count). The smallest absolute Gasteiger partial charge is 0.140 e. The molecule has 0 spiro atoms. The SMILES string of the molecule is NCCc1cc(F)c(Sc2cccs2)c(F)c1. The number of hydrogen-bond acceptors (Lipinski definition) is 3. The second kappa shape index (κ2) is 5.62. The van der Waals surface area contributed by atoms with Gasteiger partial charge in [-0.05, 0) is 42.1 Å². The molecule has 1 nitrogen and oxygen atoms in total. The van der Waals surface area contributed by atoms with Gasteiger partial charge in [0, 0.05) is 0 Å². The third kappa shape index (κ3) is 3.06. The first-order chi connectivity index (χ1) is 8.20. The Hall–Kier alpha value is -0.910. The molecule has 1 aromatic carbocycles. The summed E-state index contributed by atoms with van der Waals surface area (Å²) in [4.78, 5) is 0.0493. The Balaban J connectivity index is 2.28. The highest BCUT2D eigenvalue weighted by Gasteiger charge is 2.13. The molecule has 1 heterocycles. The van der Waals surface area contributed by atoms with E-state index in [-0.39, 0.29) is 4.90 Å². The van der Waals surface area contributed by atoms with Crippen LogP contribution in [-0.2, 0) is 6.42 Å². The number of nitrogens with two attached hydrogens (primary N) is 1. The van der Waals surface area contributed by atoms with Crippen LogP contribution in [0.15, 0.2) is 38.8 Å². The first kappa shape index (κ1) is 12.5. The topological polar surface area (TPSA) is 26.0 Å². The zero-order valence-electron chi connectivity index (χ0n) is 8.95. The van der Waals surface area contributed by atoms with Crippen molar-refractivity contribution in [2.75, 3.05) is 6.54 Å². The van der Waals surface area contributed by atoms with Crippen LogP contribution in [-0.4, -0.2) is 6.54 Å². The fourth-order valence-electron chi connectivity index (χ4n) is 1.44. The predicted molar refractivity (Wildman–Crippen MR) is 67.6 cm³/mol. The van der Waals surface area contributed by atoms with Crippen LogP contribution in [0.25, 0.3) is 0 Å². The lowest BCUT2D eigenvalue weighted by Crippen LogP contribution is -2.04.